The molecule has 0 bridgehead atoms. The lowest BCUT2D eigenvalue weighted by atomic mass is 10.2. The molecular weight excluding hydrogens is 200 g/mol. The van der Waals surface area contributed by atoms with Gasteiger partial charge >= 0.3 is 6.03 Å². The molecule has 0 spiro atoms. The van der Waals surface area contributed by atoms with Gasteiger partial charge in [-0.25, -0.2) is 4.79 Å². The van der Waals surface area contributed by atoms with Crippen molar-refractivity contribution in [3.63, 3.8) is 0 Å². The van der Waals surface area contributed by atoms with Gasteiger partial charge in [0.05, 0.1) is 0 Å². The minimum Gasteiger partial charge on any atom is -0.338 e. The van der Waals surface area contributed by atoms with E-state index in [0.717, 1.165) is 38.9 Å². The van der Waals surface area contributed by atoms with Gasteiger partial charge in [-0.3, -0.25) is 0 Å². The van der Waals surface area contributed by atoms with Crippen molar-refractivity contribution in [2.45, 2.75) is 59.3 Å². The van der Waals surface area contributed by atoms with Crippen LogP contribution in [-0.2, 0) is 0 Å². The highest BCUT2D eigenvalue weighted by molar-refractivity contribution is 5.74. The highest BCUT2D eigenvalue weighted by atomic mass is 16.2. The number of rotatable bonds is 9. The fourth-order valence-electron chi connectivity index (χ4n) is 1.61. The number of amides is 2. The molecule has 0 radical (unpaired) electrons. The molecule has 0 saturated heterocycles. The van der Waals surface area contributed by atoms with E-state index < -0.39 is 0 Å². The average molecular weight is 228 g/mol. The van der Waals surface area contributed by atoms with Gasteiger partial charge in [-0.1, -0.05) is 39.5 Å². The summed E-state index contributed by atoms with van der Waals surface area (Å²) in [6.45, 7) is 8.89. The number of carbonyl (C=O) groups is 1. The van der Waals surface area contributed by atoms with E-state index in [0.29, 0.717) is 0 Å². The number of carbonyl (C=O) groups excluding carboxylic acids is 1. The maximum Gasteiger partial charge on any atom is 0.317 e. The molecule has 96 valence electrons. The van der Waals surface area contributed by atoms with E-state index in [1.54, 1.807) is 0 Å². The Morgan fingerprint density at radius 2 is 1.69 bits per heavy atom. The summed E-state index contributed by atoms with van der Waals surface area (Å²) in [5.41, 5.74) is 0. The lowest BCUT2D eigenvalue weighted by molar-refractivity contribution is 0.199. The summed E-state index contributed by atoms with van der Waals surface area (Å²) in [5.74, 6) is 0. The van der Waals surface area contributed by atoms with Gasteiger partial charge in [-0.05, 0) is 19.8 Å². The van der Waals surface area contributed by atoms with Crippen molar-refractivity contribution in [3.05, 3.63) is 0 Å². The third-order valence-electron chi connectivity index (χ3n) is 2.76. The second-order valence-electron chi connectivity index (χ2n) is 4.23. The van der Waals surface area contributed by atoms with Gasteiger partial charge in [0, 0.05) is 19.6 Å². The Morgan fingerprint density at radius 1 is 1.00 bits per heavy atom. The van der Waals surface area contributed by atoms with E-state index in [4.69, 9.17) is 0 Å². The van der Waals surface area contributed by atoms with E-state index in [1.165, 1.54) is 19.3 Å². The predicted molar refractivity (Wildman–Crippen MR) is 69.7 cm³/mol. The molecule has 0 aliphatic rings. The lowest BCUT2D eigenvalue weighted by Gasteiger charge is -2.21. The summed E-state index contributed by atoms with van der Waals surface area (Å²) < 4.78 is 0. The van der Waals surface area contributed by atoms with Crippen molar-refractivity contribution in [1.82, 2.24) is 10.2 Å². The van der Waals surface area contributed by atoms with Crippen LogP contribution in [0, 0.1) is 0 Å². The molecule has 1 N–H and O–H groups in total. The molecule has 0 aliphatic carbocycles. The first-order valence-electron chi connectivity index (χ1n) is 6.79. The molecule has 0 saturated carbocycles. The predicted octanol–water partition coefficient (Wildman–Crippen LogP) is 3.40. The maximum absolute atomic E-state index is 11.7. The van der Waals surface area contributed by atoms with Crippen molar-refractivity contribution in [1.29, 1.82) is 0 Å². The van der Waals surface area contributed by atoms with Gasteiger partial charge in [0.15, 0.2) is 0 Å². The summed E-state index contributed by atoms with van der Waals surface area (Å²) in [4.78, 5) is 13.6. The average Bonchev–Trinajstić information content (AvgIpc) is 2.30. The van der Waals surface area contributed by atoms with Crippen molar-refractivity contribution < 1.29 is 4.79 Å². The monoisotopic (exact) mass is 228 g/mol. The molecule has 0 atom stereocenters. The van der Waals surface area contributed by atoms with Crippen molar-refractivity contribution in [2.24, 2.45) is 0 Å². The summed E-state index contributed by atoms with van der Waals surface area (Å²) in [7, 11) is 0. The van der Waals surface area contributed by atoms with E-state index >= 15 is 0 Å². The minimum absolute atomic E-state index is 0.104. The number of hydrogen-bond donors (Lipinski definition) is 1. The molecule has 0 heterocycles. The Kier molecular flexibility index (Phi) is 10.3. The fourth-order valence-corrected chi connectivity index (χ4v) is 1.61. The fraction of sp³-hybridized carbons (Fsp3) is 0.923. The number of unbranched alkanes of at least 4 members (excludes halogenated alkanes) is 4. The third-order valence-corrected chi connectivity index (χ3v) is 2.76. The third kappa shape index (κ3) is 7.55. The Bertz CT molecular complexity index is 171. The largest absolute Gasteiger partial charge is 0.338 e. The van der Waals surface area contributed by atoms with Gasteiger partial charge in [0.25, 0.3) is 0 Å². The van der Waals surface area contributed by atoms with Crippen LogP contribution in [0.3, 0.4) is 0 Å². The Hall–Kier alpha value is -0.730. The van der Waals surface area contributed by atoms with Gasteiger partial charge in [0.1, 0.15) is 0 Å². The van der Waals surface area contributed by atoms with Crippen LogP contribution in [0.5, 0.6) is 0 Å². The lowest BCUT2D eigenvalue weighted by Crippen LogP contribution is -2.40. The number of urea groups is 1. The first kappa shape index (κ1) is 15.3. The summed E-state index contributed by atoms with van der Waals surface area (Å²) >= 11 is 0. The SMILES string of the molecule is CCCCCCNC(=O)N(CC)CCCC. The maximum atomic E-state index is 11.7. The molecule has 0 aromatic carbocycles. The normalized spacial score (nSPS) is 10.2. The molecule has 0 unspecified atom stereocenters. The van der Waals surface area contributed by atoms with Crippen molar-refractivity contribution >= 4 is 6.03 Å². The van der Waals surface area contributed by atoms with Crippen LogP contribution < -0.4 is 5.32 Å². The zero-order chi connectivity index (χ0) is 12.2. The molecule has 3 nitrogen and oxygen atoms in total. The second kappa shape index (κ2) is 10.8. The highest BCUT2D eigenvalue weighted by Crippen LogP contribution is 1.98. The summed E-state index contributed by atoms with van der Waals surface area (Å²) in [6, 6.07) is 0.104. The van der Waals surface area contributed by atoms with Crippen LogP contribution in [0.4, 0.5) is 4.79 Å². The van der Waals surface area contributed by atoms with Gasteiger partial charge in [-0.15, -0.1) is 0 Å². The Morgan fingerprint density at radius 3 is 2.25 bits per heavy atom. The van der Waals surface area contributed by atoms with E-state index in [9.17, 15) is 4.79 Å². The highest BCUT2D eigenvalue weighted by Gasteiger charge is 2.08. The summed E-state index contributed by atoms with van der Waals surface area (Å²) in [6.07, 6.45) is 7.06. The van der Waals surface area contributed by atoms with Gasteiger partial charge in [0.2, 0.25) is 0 Å². The number of nitrogens with one attached hydrogen (secondary N) is 1. The van der Waals surface area contributed by atoms with E-state index in [2.05, 4.69) is 19.2 Å². The van der Waals surface area contributed by atoms with Gasteiger partial charge in [-0.2, -0.15) is 0 Å². The standard InChI is InChI=1S/C13H28N2O/c1-4-7-9-10-11-14-13(16)15(6-3)12-8-5-2/h4-12H2,1-3H3,(H,14,16). The molecule has 0 aromatic rings. The van der Waals surface area contributed by atoms with Crippen LogP contribution in [0.1, 0.15) is 59.3 Å². The second-order valence-corrected chi connectivity index (χ2v) is 4.23. The number of hydrogen-bond acceptors (Lipinski definition) is 1. The molecule has 0 aliphatic heterocycles. The first-order chi connectivity index (χ1) is 7.76. The quantitative estimate of drug-likeness (QED) is 0.603. The first-order valence-corrected chi connectivity index (χ1v) is 6.79. The molecule has 2 amide bonds. The molecular formula is C13H28N2O. The van der Waals surface area contributed by atoms with Gasteiger partial charge < -0.3 is 10.2 Å². The summed E-state index contributed by atoms with van der Waals surface area (Å²) in [5, 5.41) is 2.99. The zero-order valence-electron chi connectivity index (χ0n) is 11.2. The molecule has 0 aromatic heterocycles. The van der Waals surface area contributed by atoms with Crippen molar-refractivity contribution in [2.75, 3.05) is 19.6 Å². The van der Waals surface area contributed by atoms with E-state index in [1.807, 2.05) is 11.8 Å². The van der Waals surface area contributed by atoms with Crippen LogP contribution in [-0.4, -0.2) is 30.6 Å². The Balaban J connectivity index is 3.58. The Labute approximate surface area is 101 Å². The van der Waals surface area contributed by atoms with Crippen LogP contribution in [0.15, 0.2) is 0 Å². The zero-order valence-corrected chi connectivity index (χ0v) is 11.2. The van der Waals surface area contributed by atoms with Crippen molar-refractivity contribution in [3.8, 4) is 0 Å². The molecule has 3 heteroatoms. The number of nitrogens with zero attached hydrogens (tertiary/aromatic N) is 1. The van der Waals surface area contributed by atoms with Crippen LogP contribution in [0.25, 0.3) is 0 Å². The van der Waals surface area contributed by atoms with Crippen LogP contribution in [0.2, 0.25) is 0 Å². The molecule has 0 rings (SSSR count). The van der Waals surface area contributed by atoms with E-state index in [-0.39, 0.29) is 6.03 Å². The minimum atomic E-state index is 0.104. The molecule has 0 fully saturated rings. The van der Waals surface area contributed by atoms with Crippen LogP contribution >= 0.6 is 0 Å². The molecule has 16 heavy (non-hydrogen) atoms. The smallest absolute Gasteiger partial charge is 0.317 e. The topological polar surface area (TPSA) is 32.3 Å².